The first-order valence-electron chi connectivity index (χ1n) is 7.89. The number of hydrogen-bond donors (Lipinski definition) is 3. The van der Waals surface area contributed by atoms with Crippen molar-refractivity contribution >= 4 is 12.0 Å². The minimum Gasteiger partial charge on any atom is -0.480 e. The van der Waals surface area contributed by atoms with Gasteiger partial charge in [0.05, 0.1) is 0 Å². The molecular weight excluding hydrogens is 256 g/mol. The van der Waals surface area contributed by atoms with Crippen LogP contribution in [0.4, 0.5) is 4.79 Å². The Morgan fingerprint density at radius 1 is 0.950 bits per heavy atom. The normalized spacial score (nSPS) is 11.9. The Labute approximate surface area is 122 Å². The molecule has 118 valence electrons. The second-order valence-electron chi connectivity index (χ2n) is 5.17. The Kier molecular flexibility index (Phi) is 12.0. The summed E-state index contributed by atoms with van der Waals surface area (Å²) in [4.78, 5) is 22.2. The Balaban J connectivity index is 3.41. The maximum Gasteiger partial charge on any atom is 0.326 e. The molecule has 0 aromatic rings. The number of carbonyl (C=O) groups excluding carboxylic acids is 1. The van der Waals surface area contributed by atoms with Gasteiger partial charge in [0.1, 0.15) is 6.04 Å². The summed E-state index contributed by atoms with van der Waals surface area (Å²) in [6.07, 6.45) is 10.2. The van der Waals surface area contributed by atoms with Gasteiger partial charge in [-0.15, -0.1) is 0 Å². The molecular formula is C15H30N2O3. The zero-order chi connectivity index (χ0) is 15.2. The fourth-order valence-electron chi connectivity index (χ4n) is 2.01. The third-order valence-corrected chi connectivity index (χ3v) is 3.33. The summed E-state index contributed by atoms with van der Waals surface area (Å²) < 4.78 is 0. The Morgan fingerprint density at radius 2 is 1.50 bits per heavy atom. The van der Waals surface area contributed by atoms with Gasteiger partial charge in [-0.05, 0) is 12.8 Å². The van der Waals surface area contributed by atoms with Crippen molar-refractivity contribution in [2.24, 2.45) is 0 Å². The van der Waals surface area contributed by atoms with Crippen molar-refractivity contribution < 1.29 is 14.7 Å². The number of urea groups is 1. The molecule has 3 N–H and O–H groups in total. The molecule has 0 spiro atoms. The van der Waals surface area contributed by atoms with E-state index >= 15 is 0 Å². The minimum absolute atomic E-state index is 0.387. The van der Waals surface area contributed by atoms with E-state index in [1.807, 2.05) is 0 Å². The molecule has 0 rings (SSSR count). The SMILES string of the molecule is CCCCCCCCCCNC(=O)N[C@H](CC)C(=O)O. The van der Waals surface area contributed by atoms with E-state index in [0.29, 0.717) is 13.0 Å². The Bertz CT molecular complexity index is 270. The van der Waals surface area contributed by atoms with Crippen molar-refractivity contribution in [3.8, 4) is 0 Å². The summed E-state index contributed by atoms with van der Waals surface area (Å²) in [7, 11) is 0. The van der Waals surface area contributed by atoms with Crippen molar-refractivity contribution in [3.63, 3.8) is 0 Å². The van der Waals surface area contributed by atoms with Crippen LogP contribution >= 0.6 is 0 Å². The maximum atomic E-state index is 11.4. The van der Waals surface area contributed by atoms with Crippen LogP contribution < -0.4 is 10.6 Å². The van der Waals surface area contributed by atoms with Gasteiger partial charge in [-0.2, -0.15) is 0 Å². The van der Waals surface area contributed by atoms with Crippen LogP contribution in [-0.4, -0.2) is 29.7 Å². The summed E-state index contributed by atoms with van der Waals surface area (Å²) in [5, 5.41) is 14.0. The first-order chi connectivity index (χ1) is 9.61. The molecule has 0 heterocycles. The number of carboxylic acids is 1. The summed E-state index contributed by atoms with van der Waals surface area (Å²) in [6, 6.07) is -1.18. The van der Waals surface area contributed by atoms with Crippen molar-refractivity contribution in [1.82, 2.24) is 10.6 Å². The highest BCUT2D eigenvalue weighted by Crippen LogP contribution is 2.07. The van der Waals surface area contributed by atoms with Crippen molar-refractivity contribution in [2.75, 3.05) is 6.54 Å². The zero-order valence-electron chi connectivity index (χ0n) is 12.9. The topological polar surface area (TPSA) is 78.4 Å². The monoisotopic (exact) mass is 286 g/mol. The standard InChI is InChI=1S/C15H30N2O3/c1-3-5-6-7-8-9-10-11-12-16-15(20)17-13(4-2)14(18)19/h13H,3-12H2,1-2H3,(H,18,19)(H2,16,17,20)/t13-/m1/s1. The average molecular weight is 286 g/mol. The molecule has 2 amide bonds. The van der Waals surface area contributed by atoms with E-state index in [-0.39, 0.29) is 6.03 Å². The van der Waals surface area contributed by atoms with Gasteiger partial charge in [-0.1, -0.05) is 58.8 Å². The number of carbonyl (C=O) groups is 2. The van der Waals surface area contributed by atoms with Crippen molar-refractivity contribution in [3.05, 3.63) is 0 Å². The highest BCUT2D eigenvalue weighted by atomic mass is 16.4. The van der Waals surface area contributed by atoms with Crippen molar-refractivity contribution in [2.45, 2.75) is 77.7 Å². The van der Waals surface area contributed by atoms with Crippen LogP contribution in [-0.2, 0) is 4.79 Å². The molecule has 0 aliphatic heterocycles. The van der Waals surface area contributed by atoms with Crippen LogP contribution in [0.3, 0.4) is 0 Å². The molecule has 0 aromatic carbocycles. The van der Waals surface area contributed by atoms with Crippen molar-refractivity contribution in [1.29, 1.82) is 0 Å². The van der Waals surface area contributed by atoms with Gasteiger partial charge >= 0.3 is 12.0 Å². The molecule has 0 aliphatic rings. The van der Waals surface area contributed by atoms with Gasteiger partial charge in [0.25, 0.3) is 0 Å². The lowest BCUT2D eigenvalue weighted by Crippen LogP contribution is -2.45. The van der Waals surface area contributed by atoms with E-state index in [1.54, 1.807) is 6.92 Å². The highest BCUT2D eigenvalue weighted by molar-refractivity contribution is 5.82. The lowest BCUT2D eigenvalue weighted by molar-refractivity contribution is -0.139. The van der Waals surface area contributed by atoms with Crippen LogP contribution in [0.25, 0.3) is 0 Å². The molecule has 20 heavy (non-hydrogen) atoms. The number of nitrogens with one attached hydrogen (secondary N) is 2. The largest absolute Gasteiger partial charge is 0.480 e. The van der Waals surface area contributed by atoms with Gasteiger partial charge in [0.15, 0.2) is 0 Å². The molecule has 5 nitrogen and oxygen atoms in total. The molecule has 0 bridgehead atoms. The van der Waals surface area contributed by atoms with E-state index in [2.05, 4.69) is 17.6 Å². The minimum atomic E-state index is -0.991. The van der Waals surface area contributed by atoms with E-state index in [0.717, 1.165) is 12.8 Å². The van der Waals surface area contributed by atoms with Gasteiger partial charge < -0.3 is 15.7 Å². The summed E-state index contributed by atoms with van der Waals surface area (Å²) >= 11 is 0. The predicted octanol–water partition coefficient (Wildman–Crippen LogP) is 3.29. The van der Waals surface area contributed by atoms with E-state index in [4.69, 9.17) is 5.11 Å². The lowest BCUT2D eigenvalue weighted by atomic mass is 10.1. The Hall–Kier alpha value is -1.26. The second-order valence-corrected chi connectivity index (χ2v) is 5.17. The van der Waals surface area contributed by atoms with Gasteiger partial charge in [0, 0.05) is 6.54 Å². The Morgan fingerprint density at radius 3 is 2.00 bits per heavy atom. The number of unbranched alkanes of at least 4 members (excludes halogenated alkanes) is 7. The van der Waals surface area contributed by atoms with E-state index in [1.165, 1.54) is 38.5 Å². The van der Waals surface area contributed by atoms with E-state index < -0.39 is 12.0 Å². The van der Waals surface area contributed by atoms with Gasteiger partial charge in [-0.3, -0.25) is 0 Å². The van der Waals surface area contributed by atoms with Crippen LogP contribution in [0.1, 0.15) is 71.6 Å². The fourth-order valence-corrected chi connectivity index (χ4v) is 2.01. The predicted molar refractivity (Wildman–Crippen MR) is 80.9 cm³/mol. The van der Waals surface area contributed by atoms with E-state index in [9.17, 15) is 9.59 Å². The van der Waals surface area contributed by atoms with Gasteiger partial charge in [0.2, 0.25) is 0 Å². The number of rotatable bonds is 12. The summed E-state index contributed by atoms with van der Waals surface area (Å²) in [5.74, 6) is -0.991. The third-order valence-electron chi connectivity index (χ3n) is 3.33. The first kappa shape index (κ1) is 18.7. The van der Waals surface area contributed by atoms with Crippen LogP contribution in [0.2, 0.25) is 0 Å². The van der Waals surface area contributed by atoms with Crippen LogP contribution in [0.5, 0.6) is 0 Å². The molecule has 1 atom stereocenters. The highest BCUT2D eigenvalue weighted by Gasteiger charge is 2.16. The average Bonchev–Trinajstić information content (AvgIpc) is 2.42. The summed E-state index contributed by atoms with van der Waals surface area (Å²) in [5.41, 5.74) is 0. The smallest absolute Gasteiger partial charge is 0.326 e. The zero-order valence-corrected chi connectivity index (χ0v) is 12.9. The molecule has 0 fully saturated rings. The quantitative estimate of drug-likeness (QED) is 0.482. The number of aliphatic carboxylic acids is 1. The number of hydrogen-bond acceptors (Lipinski definition) is 2. The first-order valence-corrected chi connectivity index (χ1v) is 7.89. The molecule has 0 saturated heterocycles. The molecule has 5 heteroatoms. The second kappa shape index (κ2) is 12.8. The number of carboxylic acid groups (broad SMARTS) is 1. The maximum absolute atomic E-state index is 11.4. The molecule has 0 unspecified atom stereocenters. The van der Waals surface area contributed by atoms with Gasteiger partial charge in [-0.25, -0.2) is 9.59 Å². The fraction of sp³-hybridized carbons (Fsp3) is 0.867. The number of amides is 2. The molecule has 0 aromatic heterocycles. The molecule has 0 saturated carbocycles. The lowest BCUT2D eigenvalue weighted by Gasteiger charge is -2.13. The summed E-state index contributed by atoms with van der Waals surface area (Å²) in [6.45, 7) is 4.55. The molecule has 0 aliphatic carbocycles. The third kappa shape index (κ3) is 10.6. The molecule has 0 radical (unpaired) electrons. The van der Waals surface area contributed by atoms with Crippen LogP contribution in [0.15, 0.2) is 0 Å². The van der Waals surface area contributed by atoms with Crippen LogP contribution in [0, 0.1) is 0 Å².